The van der Waals surface area contributed by atoms with E-state index in [1.54, 1.807) is 46.0 Å². The quantitative estimate of drug-likeness (QED) is 0.479. The minimum atomic E-state index is -1.09. The van der Waals surface area contributed by atoms with E-state index in [0.29, 0.717) is 5.69 Å². The summed E-state index contributed by atoms with van der Waals surface area (Å²) in [6.45, 7) is 6.83. The highest BCUT2D eigenvalue weighted by Crippen LogP contribution is 2.40. The topological polar surface area (TPSA) is 103 Å². The van der Waals surface area contributed by atoms with Crippen molar-refractivity contribution in [3.8, 4) is 11.3 Å². The predicted molar refractivity (Wildman–Crippen MR) is 122 cm³/mol. The number of nitrogens with two attached hydrogens (primary N) is 1. The van der Waals surface area contributed by atoms with Gasteiger partial charge in [-0.2, -0.15) is 0 Å². The van der Waals surface area contributed by atoms with E-state index in [-0.39, 0.29) is 35.4 Å². The average molecular weight is 476 g/mol. The second kappa shape index (κ2) is 9.47. The van der Waals surface area contributed by atoms with Gasteiger partial charge in [0.15, 0.2) is 0 Å². The number of hydrogen-bond acceptors (Lipinski definition) is 5. The van der Waals surface area contributed by atoms with E-state index in [0.717, 1.165) is 5.56 Å². The van der Waals surface area contributed by atoms with Crippen molar-refractivity contribution in [2.24, 2.45) is 5.73 Å². The van der Waals surface area contributed by atoms with Crippen LogP contribution in [-0.2, 0) is 20.2 Å². The highest BCUT2D eigenvalue weighted by molar-refractivity contribution is 6.17. The smallest absolute Gasteiger partial charge is 0.306 e. The third-order valence-electron chi connectivity index (χ3n) is 5.44. The number of aromatic nitrogens is 1. The first-order valence-corrected chi connectivity index (χ1v) is 11.2. The number of amides is 2. The van der Waals surface area contributed by atoms with Gasteiger partial charge in [-0.15, -0.1) is 11.6 Å². The van der Waals surface area contributed by atoms with Gasteiger partial charge in [-0.05, 0) is 63.9 Å². The van der Waals surface area contributed by atoms with E-state index in [4.69, 9.17) is 22.1 Å². The molecule has 3 rings (SSSR count). The van der Waals surface area contributed by atoms with Gasteiger partial charge in [0.1, 0.15) is 17.5 Å². The fraction of sp³-hybridized carbons (Fsp3) is 0.417. The molecule has 1 aromatic carbocycles. The number of hydrogen-bond donors (Lipinski definition) is 1. The third-order valence-corrected chi connectivity index (χ3v) is 5.75. The lowest BCUT2D eigenvalue weighted by Gasteiger charge is -2.30. The van der Waals surface area contributed by atoms with Crippen LogP contribution in [0, 0.1) is 5.82 Å². The van der Waals surface area contributed by atoms with Crippen molar-refractivity contribution in [1.82, 2.24) is 9.88 Å². The Morgan fingerprint density at radius 3 is 2.55 bits per heavy atom. The van der Waals surface area contributed by atoms with Crippen molar-refractivity contribution in [2.45, 2.75) is 64.1 Å². The summed E-state index contributed by atoms with van der Waals surface area (Å²) in [6, 6.07) is 4.57. The molecule has 0 saturated heterocycles. The highest BCUT2D eigenvalue weighted by Gasteiger charge is 2.43. The largest absolute Gasteiger partial charge is 0.460 e. The first kappa shape index (κ1) is 24.6. The minimum Gasteiger partial charge on any atom is -0.460 e. The number of carbonyl (C=O) groups is 3. The normalized spacial score (nSPS) is 16.5. The van der Waals surface area contributed by atoms with Gasteiger partial charge in [0.05, 0.1) is 11.7 Å². The molecule has 1 aliphatic rings. The van der Waals surface area contributed by atoms with Crippen LogP contribution in [0.4, 0.5) is 4.39 Å². The monoisotopic (exact) mass is 475 g/mol. The van der Waals surface area contributed by atoms with Crippen molar-refractivity contribution in [3.63, 3.8) is 0 Å². The molecule has 0 bridgehead atoms. The molecule has 1 aliphatic heterocycles. The summed E-state index contributed by atoms with van der Waals surface area (Å²) in [5.41, 5.74) is 6.62. The van der Waals surface area contributed by atoms with Gasteiger partial charge in [-0.25, -0.2) is 4.39 Å². The molecule has 2 heterocycles. The van der Waals surface area contributed by atoms with E-state index >= 15 is 4.39 Å². The van der Waals surface area contributed by atoms with Crippen molar-refractivity contribution >= 4 is 29.4 Å². The minimum absolute atomic E-state index is 0.0257. The Bertz CT molecular complexity index is 1100. The number of pyridine rings is 1. The first-order valence-electron chi connectivity index (χ1n) is 10.6. The molecular formula is C24H27ClFN3O4. The Hall–Kier alpha value is -3.00. The first-order chi connectivity index (χ1) is 15.4. The van der Waals surface area contributed by atoms with E-state index < -0.39 is 41.3 Å². The van der Waals surface area contributed by atoms with Crippen LogP contribution < -0.4 is 5.73 Å². The number of carbonyl (C=O) groups excluding carboxylic acids is 3. The molecule has 176 valence electrons. The predicted octanol–water partition coefficient (Wildman–Crippen LogP) is 4.12. The maximum atomic E-state index is 15.6. The molecule has 2 aromatic rings. The number of benzene rings is 1. The highest BCUT2D eigenvalue weighted by atomic mass is 35.5. The number of esters is 1. The van der Waals surface area contributed by atoms with Gasteiger partial charge in [0.25, 0.3) is 5.91 Å². The number of nitrogens with zero attached hydrogens (tertiary/aromatic N) is 2. The zero-order valence-corrected chi connectivity index (χ0v) is 19.8. The summed E-state index contributed by atoms with van der Waals surface area (Å²) in [7, 11) is 0. The lowest BCUT2D eigenvalue weighted by Crippen LogP contribution is -2.46. The fourth-order valence-electron chi connectivity index (χ4n) is 4.02. The van der Waals surface area contributed by atoms with Gasteiger partial charge >= 0.3 is 5.97 Å². The van der Waals surface area contributed by atoms with Crippen molar-refractivity contribution < 1.29 is 23.5 Å². The molecule has 9 heteroatoms. The van der Waals surface area contributed by atoms with Crippen molar-refractivity contribution in [2.75, 3.05) is 0 Å². The molecule has 7 nitrogen and oxygen atoms in total. The summed E-state index contributed by atoms with van der Waals surface area (Å²) >= 11 is 5.88. The molecule has 0 unspecified atom stereocenters. The Morgan fingerprint density at radius 1 is 1.27 bits per heavy atom. The zero-order valence-electron chi connectivity index (χ0n) is 19.0. The molecule has 0 spiro atoms. The van der Waals surface area contributed by atoms with Crippen LogP contribution in [-0.4, -0.2) is 39.3 Å². The van der Waals surface area contributed by atoms with Crippen molar-refractivity contribution in [3.05, 3.63) is 53.0 Å². The molecule has 33 heavy (non-hydrogen) atoms. The second-order valence-electron chi connectivity index (χ2n) is 9.00. The lowest BCUT2D eigenvalue weighted by atomic mass is 9.98. The average Bonchev–Trinajstić information content (AvgIpc) is 2.98. The van der Waals surface area contributed by atoms with Crippen molar-refractivity contribution in [1.29, 1.82) is 0 Å². The van der Waals surface area contributed by atoms with E-state index in [1.165, 1.54) is 17.0 Å². The summed E-state index contributed by atoms with van der Waals surface area (Å²) in [5.74, 6) is -2.14. The fourth-order valence-corrected chi connectivity index (χ4v) is 4.19. The zero-order chi connectivity index (χ0) is 24.5. The van der Waals surface area contributed by atoms with Gasteiger partial charge < -0.3 is 15.4 Å². The maximum absolute atomic E-state index is 15.6. The molecule has 2 amide bonds. The molecule has 2 N–H and O–H groups in total. The van der Waals surface area contributed by atoms with Crippen LogP contribution in [0.2, 0.25) is 0 Å². The Kier molecular flexibility index (Phi) is 7.07. The standard InChI is InChI=1S/C24H27ClFN3O4/c1-13-20-16(6-5-15(21(20)26)17-11-14(12-25)9-10-28-17)23(32)29(13)18(22(27)31)7-8-19(30)33-24(2,3)4/h5-6,9-11,13,18H,7-8,12H2,1-4H3,(H2,27,31)/t13-,18+/m1/s1. The van der Waals surface area contributed by atoms with E-state index in [9.17, 15) is 14.4 Å². The lowest BCUT2D eigenvalue weighted by molar-refractivity contribution is -0.155. The molecule has 0 radical (unpaired) electrons. The number of fused-ring (bicyclic) bond motifs is 1. The summed E-state index contributed by atoms with van der Waals surface area (Å²) < 4.78 is 20.9. The Balaban J connectivity index is 1.91. The second-order valence-corrected chi connectivity index (χ2v) is 9.27. The molecule has 1 aromatic heterocycles. The maximum Gasteiger partial charge on any atom is 0.306 e. The number of primary amides is 1. The molecule has 2 atom stereocenters. The van der Waals surface area contributed by atoms with E-state index in [1.807, 2.05) is 0 Å². The van der Waals surface area contributed by atoms with Gasteiger partial charge in [-0.3, -0.25) is 19.4 Å². The molecule has 0 aliphatic carbocycles. The number of rotatable bonds is 7. The third kappa shape index (κ3) is 5.16. The summed E-state index contributed by atoms with van der Waals surface area (Å²) in [6.07, 6.45) is 1.41. The van der Waals surface area contributed by atoms with Crippen LogP contribution in [0.5, 0.6) is 0 Å². The molecular weight excluding hydrogens is 449 g/mol. The number of alkyl halides is 1. The summed E-state index contributed by atoms with van der Waals surface area (Å²) in [4.78, 5) is 43.0. The molecule has 0 fully saturated rings. The van der Waals surface area contributed by atoms with Gasteiger partial charge in [0.2, 0.25) is 5.91 Å². The van der Waals surface area contributed by atoms with Crippen LogP contribution >= 0.6 is 11.6 Å². The van der Waals surface area contributed by atoms with Gasteiger partial charge in [-0.1, -0.05) is 0 Å². The SMILES string of the molecule is C[C@@H]1c2c(ccc(-c3cc(CCl)ccn3)c2F)C(=O)N1[C@@H](CCC(=O)OC(C)(C)C)C(N)=O. The number of ether oxygens (including phenoxy) is 1. The van der Waals surface area contributed by atoms with Crippen LogP contribution in [0.25, 0.3) is 11.3 Å². The van der Waals surface area contributed by atoms with Crippen LogP contribution in [0.1, 0.15) is 68.1 Å². The van der Waals surface area contributed by atoms with Crippen LogP contribution in [0.15, 0.2) is 30.5 Å². The number of halogens is 2. The van der Waals surface area contributed by atoms with Gasteiger partial charge in [0, 0.05) is 35.2 Å². The van der Waals surface area contributed by atoms with E-state index in [2.05, 4.69) is 4.98 Å². The molecule has 0 saturated carbocycles. The van der Waals surface area contributed by atoms with Crippen LogP contribution in [0.3, 0.4) is 0 Å². The Labute approximate surface area is 197 Å². The summed E-state index contributed by atoms with van der Waals surface area (Å²) in [5, 5.41) is 0. The Morgan fingerprint density at radius 2 is 1.94 bits per heavy atom.